The van der Waals surface area contributed by atoms with Crippen LogP contribution in [0.2, 0.25) is 0 Å². The predicted molar refractivity (Wildman–Crippen MR) is 78.4 cm³/mol. The average molecular weight is 280 g/mol. The molecule has 112 valence electrons. The van der Waals surface area contributed by atoms with Crippen molar-refractivity contribution in [2.75, 3.05) is 13.2 Å². The van der Waals surface area contributed by atoms with Crippen molar-refractivity contribution in [1.29, 1.82) is 0 Å². The zero-order valence-corrected chi connectivity index (χ0v) is 12.7. The Morgan fingerprint density at radius 2 is 2.05 bits per heavy atom. The molecule has 0 saturated heterocycles. The van der Waals surface area contributed by atoms with Gasteiger partial charge >= 0.3 is 5.97 Å². The highest BCUT2D eigenvalue weighted by Crippen LogP contribution is 2.23. The first-order valence-electron chi connectivity index (χ1n) is 7.03. The third kappa shape index (κ3) is 4.85. The van der Waals surface area contributed by atoms with E-state index >= 15 is 0 Å². The standard InChI is InChI=1S/C16H24O4/c1-5-19-15(16(17)18)8-9-20-13-6-7-14(11(2)3)12(4)10-13/h6-7,10-11,15H,5,8-9H2,1-4H3,(H,17,18). The maximum atomic E-state index is 10.9. The van der Waals surface area contributed by atoms with Crippen LogP contribution in [0.4, 0.5) is 0 Å². The predicted octanol–water partition coefficient (Wildman–Crippen LogP) is 3.38. The molecule has 4 nitrogen and oxygen atoms in total. The monoisotopic (exact) mass is 280 g/mol. The van der Waals surface area contributed by atoms with Crippen molar-refractivity contribution in [3.8, 4) is 5.75 Å². The van der Waals surface area contributed by atoms with E-state index in [4.69, 9.17) is 14.6 Å². The summed E-state index contributed by atoms with van der Waals surface area (Å²) < 4.78 is 10.7. The fourth-order valence-corrected chi connectivity index (χ4v) is 2.15. The van der Waals surface area contributed by atoms with E-state index in [9.17, 15) is 4.79 Å². The number of carboxylic acids is 1. The lowest BCUT2D eigenvalue weighted by Crippen LogP contribution is -2.26. The fraction of sp³-hybridized carbons (Fsp3) is 0.562. The molecule has 0 radical (unpaired) electrons. The van der Waals surface area contributed by atoms with Gasteiger partial charge in [0.05, 0.1) is 6.61 Å². The number of aliphatic carboxylic acids is 1. The first-order valence-corrected chi connectivity index (χ1v) is 7.03. The van der Waals surface area contributed by atoms with Crippen LogP contribution in [0, 0.1) is 6.92 Å². The Kier molecular flexibility index (Phi) is 6.52. The molecule has 0 fully saturated rings. The van der Waals surface area contributed by atoms with E-state index in [2.05, 4.69) is 26.8 Å². The van der Waals surface area contributed by atoms with E-state index in [1.54, 1.807) is 6.92 Å². The largest absolute Gasteiger partial charge is 0.493 e. The molecule has 0 aliphatic heterocycles. The third-order valence-corrected chi connectivity index (χ3v) is 3.16. The van der Waals surface area contributed by atoms with E-state index in [0.29, 0.717) is 25.6 Å². The van der Waals surface area contributed by atoms with Crippen LogP contribution in [0.3, 0.4) is 0 Å². The van der Waals surface area contributed by atoms with Crippen LogP contribution in [-0.4, -0.2) is 30.4 Å². The van der Waals surface area contributed by atoms with Gasteiger partial charge in [-0.25, -0.2) is 4.79 Å². The summed E-state index contributed by atoms with van der Waals surface area (Å²) in [5.41, 5.74) is 2.49. The highest BCUT2D eigenvalue weighted by molar-refractivity contribution is 5.72. The minimum absolute atomic E-state index is 0.331. The summed E-state index contributed by atoms with van der Waals surface area (Å²) in [5, 5.41) is 8.96. The van der Waals surface area contributed by atoms with Crippen LogP contribution in [0.25, 0.3) is 0 Å². The Bertz CT molecular complexity index is 440. The second kappa shape index (κ2) is 7.90. The van der Waals surface area contributed by atoms with Crippen molar-refractivity contribution in [3.05, 3.63) is 29.3 Å². The van der Waals surface area contributed by atoms with E-state index < -0.39 is 12.1 Å². The molecule has 4 heteroatoms. The number of hydrogen-bond acceptors (Lipinski definition) is 3. The summed E-state index contributed by atoms with van der Waals surface area (Å²) >= 11 is 0. The van der Waals surface area contributed by atoms with Crippen molar-refractivity contribution in [2.45, 2.75) is 46.1 Å². The molecule has 1 atom stereocenters. The van der Waals surface area contributed by atoms with E-state index in [1.165, 1.54) is 11.1 Å². The van der Waals surface area contributed by atoms with E-state index in [1.807, 2.05) is 12.1 Å². The molecule has 1 N–H and O–H groups in total. The van der Waals surface area contributed by atoms with Gasteiger partial charge in [-0.2, -0.15) is 0 Å². The zero-order chi connectivity index (χ0) is 15.1. The SMILES string of the molecule is CCOC(CCOc1ccc(C(C)C)c(C)c1)C(=O)O. The second-order valence-electron chi connectivity index (χ2n) is 5.09. The fourth-order valence-electron chi connectivity index (χ4n) is 2.15. The third-order valence-electron chi connectivity index (χ3n) is 3.16. The maximum absolute atomic E-state index is 10.9. The van der Waals surface area contributed by atoms with Gasteiger partial charge in [-0.05, 0) is 43.0 Å². The van der Waals surface area contributed by atoms with Gasteiger partial charge in [-0.3, -0.25) is 0 Å². The molecule has 0 heterocycles. The number of rotatable bonds is 8. The minimum atomic E-state index is -0.943. The lowest BCUT2D eigenvalue weighted by atomic mass is 9.98. The molecule has 0 aromatic heterocycles. The van der Waals surface area contributed by atoms with Crippen molar-refractivity contribution in [2.24, 2.45) is 0 Å². The molecular formula is C16H24O4. The summed E-state index contributed by atoms with van der Waals surface area (Å²) in [4.78, 5) is 10.9. The Balaban J connectivity index is 2.53. The second-order valence-corrected chi connectivity index (χ2v) is 5.09. The van der Waals surface area contributed by atoms with Gasteiger partial charge in [0.25, 0.3) is 0 Å². The topological polar surface area (TPSA) is 55.8 Å². The van der Waals surface area contributed by atoms with Gasteiger partial charge in [-0.1, -0.05) is 19.9 Å². The minimum Gasteiger partial charge on any atom is -0.493 e. The Labute approximate surface area is 120 Å². The smallest absolute Gasteiger partial charge is 0.332 e. The molecule has 0 spiro atoms. The molecule has 0 aliphatic carbocycles. The van der Waals surface area contributed by atoms with Crippen LogP contribution in [-0.2, 0) is 9.53 Å². The molecule has 1 aromatic carbocycles. The normalized spacial score (nSPS) is 12.4. The number of ether oxygens (including phenoxy) is 2. The highest BCUT2D eigenvalue weighted by atomic mass is 16.5. The van der Waals surface area contributed by atoms with Crippen molar-refractivity contribution >= 4 is 5.97 Å². The van der Waals surface area contributed by atoms with Crippen LogP contribution >= 0.6 is 0 Å². The highest BCUT2D eigenvalue weighted by Gasteiger charge is 2.17. The number of benzene rings is 1. The Morgan fingerprint density at radius 3 is 2.55 bits per heavy atom. The number of carbonyl (C=O) groups is 1. The number of hydrogen-bond donors (Lipinski definition) is 1. The van der Waals surface area contributed by atoms with Crippen LogP contribution in [0.5, 0.6) is 5.75 Å². The van der Waals surface area contributed by atoms with Gasteiger partial charge in [0.15, 0.2) is 6.10 Å². The lowest BCUT2D eigenvalue weighted by molar-refractivity contribution is -0.150. The molecular weight excluding hydrogens is 256 g/mol. The average Bonchev–Trinajstić information content (AvgIpc) is 2.37. The zero-order valence-electron chi connectivity index (χ0n) is 12.7. The van der Waals surface area contributed by atoms with Crippen LogP contribution in [0.1, 0.15) is 44.2 Å². The summed E-state index contributed by atoms with van der Waals surface area (Å²) in [6, 6.07) is 5.98. The molecule has 20 heavy (non-hydrogen) atoms. The quantitative estimate of drug-likeness (QED) is 0.793. The van der Waals surface area contributed by atoms with Crippen molar-refractivity contribution in [1.82, 2.24) is 0 Å². The van der Waals surface area contributed by atoms with E-state index in [-0.39, 0.29) is 0 Å². The molecule has 0 saturated carbocycles. The van der Waals surface area contributed by atoms with Gasteiger partial charge in [0.1, 0.15) is 5.75 Å². The number of aryl methyl sites for hydroxylation is 1. The molecule has 0 aliphatic rings. The summed E-state index contributed by atoms with van der Waals surface area (Å²) in [6.07, 6.45) is -0.454. The van der Waals surface area contributed by atoms with Gasteiger partial charge < -0.3 is 14.6 Å². The van der Waals surface area contributed by atoms with Crippen LogP contribution in [0.15, 0.2) is 18.2 Å². The summed E-state index contributed by atoms with van der Waals surface area (Å²) in [5.74, 6) is 0.313. The molecule has 0 bridgehead atoms. The lowest BCUT2D eigenvalue weighted by Gasteiger charge is -2.15. The Hall–Kier alpha value is -1.55. The van der Waals surface area contributed by atoms with Crippen LogP contribution < -0.4 is 4.74 Å². The van der Waals surface area contributed by atoms with E-state index in [0.717, 1.165) is 5.75 Å². The van der Waals surface area contributed by atoms with Gasteiger partial charge in [-0.15, -0.1) is 0 Å². The molecule has 1 aromatic rings. The molecule has 0 amide bonds. The molecule has 1 rings (SSSR count). The van der Waals surface area contributed by atoms with Gasteiger partial charge in [0.2, 0.25) is 0 Å². The Morgan fingerprint density at radius 1 is 1.35 bits per heavy atom. The summed E-state index contributed by atoms with van der Waals surface area (Å²) in [7, 11) is 0. The molecule has 1 unspecified atom stereocenters. The van der Waals surface area contributed by atoms with Crippen molar-refractivity contribution in [3.63, 3.8) is 0 Å². The van der Waals surface area contributed by atoms with Crippen molar-refractivity contribution < 1.29 is 19.4 Å². The summed E-state index contributed by atoms with van der Waals surface area (Å²) in [6.45, 7) is 8.87. The first-order chi connectivity index (χ1) is 9.45. The number of carboxylic acid groups (broad SMARTS) is 1. The first kappa shape index (κ1) is 16.5. The maximum Gasteiger partial charge on any atom is 0.332 e. The van der Waals surface area contributed by atoms with Gasteiger partial charge in [0, 0.05) is 13.0 Å².